The highest BCUT2D eigenvalue weighted by Gasteiger charge is 2.14. The Hall–Kier alpha value is -8.65. The molecule has 0 aliphatic carbocycles. The number of benzene rings is 11. The van der Waals surface area contributed by atoms with E-state index in [0.29, 0.717) is 0 Å². The summed E-state index contributed by atoms with van der Waals surface area (Å²) in [5.41, 5.74) is 18.2. The first-order valence-corrected chi connectivity index (χ1v) is 22.7. The Morgan fingerprint density at radius 2 is 0.591 bits per heavy atom. The van der Waals surface area contributed by atoms with Crippen molar-refractivity contribution >= 4 is 32.3 Å². The van der Waals surface area contributed by atoms with Gasteiger partial charge in [-0.05, 0) is 142 Å². The molecule has 66 heavy (non-hydrogen) atoms. The Balaban J connectivity index is 0.955. The van der Waals surface area contributed by atoms with Crippen molar-refractivity contribution in [2.24, 2.45) is 0 Å². The summed E-state index contributed by atoms with van der Waals surface area (Å²) in [5.74, 6) is 0. The molecule has 0 bridgehead atoms. The first-order chi connectivity index (χ1) is 32.7. The molecule has 0 saturated carbocycles. The van der Waals surface area contributed by atoms with E-state index in [2.05, 4.69) is 261 Å². The lowest BCUT2D eigenvalue weighted by Crippen LogP contribution is -1.92. The van der Waals surface area contributed by atoms with E-state index in [-0.39, 0.29) is 0 Å². The molecule has 0 unspecified atom stereocenters. The summed E-state index contributed by atoms with van der Waals surface area (Å²) in [4.78, 5) is 5.42. The molecule has 0 saturated heterocycles. The molecule has 0 N–H and O–H groups in total. The fourth-order valence-corrected chi connectivity index (χ4v) is 9.70. The zero-order valence-corrected chi connectivity index (χ0v) is 36.3. The van der Waals surface area contributed by atoms with Crippen molar-refractivity contribution in [1.82, 2.24) is 4.98 Å². The van der Waals surface area contributed by atoms with Gasteiger partial charge in [-0.1, -0.05) is 218 Å². The van der Waals surface area contributed by atoms with E-state index in [1.165, 1.54) is 88.0 Å². The second-order valence-electron chi connectivity index (χ2n) is 17.1. The number of rotatable bonds is 8. The zero-order chi connectivity index (χ0) is 43.8. The number of pyridine rings is 1. The zero-order valence-electron chi connectivity index (χ0n) is 36.3. The third-order valence-corrected chi connectivity index (χ3v) is 13.0. The molecule has 11 aromatic carbocycles. The molecule has 12 rings (SSSR count). The lowest BCUT2D eigenvalue weighted by molar-refractivity contribution is 1.32. The number of fused-ring (bicyclic) bond motifs is 4. The highest BCUT2D eigenvalue weighted by Crippen LogP contribution is 2.39. The summed E-state index contributed by atoms with van der Waals surface area (Å²) >= 11 is 0. The van der Waals surface area contributed by atoms with Crippen molar-refractivity contribution in [2.75, 3.05) is 0 Å². The highest BCUT2D eigenvalue weighted by atomic mass is 14.7. The average molecular weight is 838 g/mol. The lowest BCUT2D eigenvalue weighted by Gasteiger charge is -2.14. The van der Waals surface area contributed by atoms with Gasteiger partial charge in [-0.3, -0.25) is 0 Å². The summed E-state index contributed by atoms with van der Waals surface area (Å²) in [6.07, 6.45) is 0. The van der Waals surface area contributed by atoms with Gasteiger partial charge in [0, 0.05) is 11.1 Å². The van der Waals surface area contributed by atoms with Crippen molar-refractivity contribution in [1.29, 1.82) is 0 Å². The largest absolute Gasteiger partial charge is 0.248 e. The Bertz CT molecular complexity index is 3750. The summed E-state index contributed by atoms with van der Waals surface area (Å²) in [6, 6.07) is 94.5. The number of aromatic nitrogens is 1. The molecular weight excluding hydrogens is 795 g/mol. The maximum atomic E-state index is 5.42. The molecule has 0 atom stereocenters. The molecule has 0 fully saturated rings. The van der Waals surface area contributed by atoms with Crippen LogP contribution in [0.3, 0.4) is 0 Å². The Morgan fingerprint density at radius 1 is 0.182 bits per heavy atom. The minimum Gasteiger partial charge on any atom is -0.248 e. The molecule has 0 amide bonds. The molecule has 0 spiro atoms. The van der Waals surface area contributed by atoms with E-state index in [4.69, 9.17) is 4.98 Å². The fraction of sp³-hybridized carbons (Fsp3) is 0. The van der Waals surface area contributed by atoms with E-state index in [0.717, 1.165) is 33.6 Å². The second-order valence-corrected chi connectivity index (χ2v) is 17.1. The Morgan fingerprint density at radius 3 is 1.29 bits per heavy atom. The normalized spacial score (nSPS) is 11.3. The topological polar surface area (TPSA) is 12.9 Å². The van der Waals surface area contributed by atoms with Gasteiger partial charge in [-0.25, -0.2) is 4.98 Å². The monoisotopic (exact) mass is 837 g/mol. The van der Waals surface area contributed by atoms with Crippen molar-refractivity contribution < 1.29 is 0 Å². The van der Waals surface area contributed by atoms with E-state index in [9.17, 15) is 0 Å². The first-order valence-electron chi connectivity index (χ1n) is 22.7. The lowest BCUT2D eigenvalue weighted by atomic mass is 9.91. The number of hydrogen-bond donors (Lipinski definition) is 0. The van der Waals surface area contributed by atoms with Crippen LogP contribution in [-0.4, -0.2) is 4.98 Å². The maximum Gasteiger partial charge on any atom is 0.0715 e. The summed E-state index contributed by atoms with van der Waals surface area (Å²) < 4.78 is 0. The van der Waals surface area contributed by atoms with Crippen LogP contribution >= 0.6 is 0 Å². The van der Waals surface area contributed by atoms with Crippen LogP contribution in [0.4, 0.5) is 0 Å². The second kappa shape index (κ2) is 16.8. The average Bonchev–Trinajstić information content (AvgIpc) is 3.41. The van der Waals surface area contributed by atoms with Crippen molar-refractivity contribution in [3.63, 3.8) is 0 Å². The molecule has 0 aliphatic rings. The summed E-state index contributed by atoms with van der Waals surface area (Å²) in [5, 5.41) is 7.53. The molecular formula is C65H43N. The van der Waals surface area contributed by atoms with Crippen molar-refractivity contribution in [3.8, 4) is 89.3 Å². The van der Waals surface area contributed by atoms with Gasteiger partial charge in [-0.2, -0.15) is 0 Å². The molecule has 0 aliphatic heterocycles. The summed E-state index contributed by atoms with van der Waals surface area (Å²) in [7, 11) is 0. The van der Waals surface area contributed by atoms with Crippen LogP contribution < -0.4 is 0 Å². The van der Waals surface area contributed by atoms with Gasteiger partial charge in [0.2, 0.25) is 0 Å². The van der Waals surface area contributed by atoms with Gasteiger partial charge in [0.25, 0.3) is 0 Å². The van der Waals surface area contributed by atoms with Crippen LogP contribution in [0.5, 0.6) is 0 Å². The smallest absolute Gasteiger partial charge is 0.0715 e. The minimum absolute atomic E-state index is 0.929. The van der Waals surface area contributed by atoms with E-state index >= 15 is 0 Å². The molecule has 308 valence electrons. The SMILES string of the molecule is c1ccc(-c2cccc(-c3ccc(-c4cc(-c5cccc(-c6cccc(-c7cc8ccccc8c8ccccc78)c6)c5)cc(-c5cccc(-c6cccc7ccccc67)c5)n4)cc3)c2)cc1. The van der Waals surface area contributed by atoms with Crippen LogP contribution in [0.25, 0.3) is 122 Å². The first kappa shape index (κ1) is 39.0. The van der Waals surface area contributed by atoms with E-state index in [1.54, 1.807) is 0 Å². The van der Waals surface area contributed by atoms with Crippen LogP contribution in [0.15, 0.2) is 261 Å². The van der Waals surface area contributed by atoms with E-state index in [1.807, 2.05) is 0 Å². The van der Waals surface area contributed by atoms with Gasteiger partial charge >= 0.3 is 0 Å². The Labute approximate surface area is 385 Å². The van der Waals surface area contributed by atoms with E-state index < -0.39 is 0 Å². The molecule has 1 heterocycles. The predicted octanol–water partition coefficient (Wildman–Crippen LogP) is 17.9. The molecule has 12 aromatic rings. The van der Waals surface area contributed by atoms with Crippen LogP contribution in [0, 0.1) is 0 Å². The van der Waals surface area contributed by atoms with Crippen LogP contribution in [0.1, 0.15) is 0 Å². The third-order valence-electron chi connectivity index (χ3n) is 13.0. The number of nitrogens with zero attached hydrogens (tertiary/aromatic N) is 1. The van der Waals surface area contributed by atoms with Gasteiger partial charge in [0.05, 0.1) is 11.4 Å². The predicted molar refractivity (Wildman–Crippen MR) is 280 cm³/mol. The van der Waals surface area contributed by atoms with Crippen molar-refractivity contribution in [3.05, 3.63) is 261 Å². The molecule has 1 aromatic heterocycles. The van der Waals surface area contributed by atoms with Crippen LogP contribution in [-0.2, 0) is 0 Å². The van der Waals surface area contributed by atoms with Gasteiger partial charge in [0.15, 0.2) is 0 Å². The van der Waals surface area contributed by atoms with Gasteiger partial charge in [-0.15, -0.1) is 0 Å². The molecule has 1 nitrogen and oxygen atoms in total. The van der Waals surface area contributed by atoms with Gasteiger partial charge in [0.1, 0.15) is 0 Å². The fourth-order valence-electron chi connectivity index (χ4n) is 9.70. The standard InChI is InChI=1S/C65H43N/c1-2-15-44(16-3-1)48-20-10-21-49(37-48)45-33-35-47(36-34-45)64-42-57(43-65(66-64)56-27-13-25-53(40-56)59-32-14-19-46-17-4-6-28-58(46)59)52-24-11-22-50(38-52)51-23-12-26-54(39-51)63-41-55-18-5-7-29-60(55)61-30-8-9-31-62(61)63/h1-43H. The molecule has 0 radical (unpaired) electrons. The number of hydrogen-bond acceptors (Lipinski definition) is 1. The van der Waals surface area contributed by atoms with Crippen LogP contribution in [0.2, 0.25) is 0 Å². The third kappa shape index (κ3) is 7.43. The minimum atomic E-state index is 0.929. The maximum absolute atomic E-state index is 5.42. The van der Waals surface area contributed by atoms with Crippen molar-refractivity contribution in [2.45, 2.75) is 0 Å². The summed E-state index contributed by atoms with van der Waals surface area (Å²) in [6.45, 7) is 0. The molecule has 1 heteroatoms. The quantitative estimate of drug-likeness (QED) is 0.139. The van der Waals surface area contributed by atoms with Gasteiger partial charge < -0.3 is 0 Å². The highest BCUT2D eigenvalue weighted by molar-refractivity contribution is 6.14. The Kier molecular flexibility index (Phi) is 9.93.